The molecule has 9 nitrogen and oxygen atoms in total. The van der Waals surface area contributed by atoms with Gasteiger partial charge in [-0.1, -0.05) is 41.4 Å². The zero-order valence-corrected chi connectivity index (χ0v) is 19.6. The minimum absolute atomic E-state index is 0.113. The molecule has 176 valence electrons. The number of carbonyl (C=O) groups excluding carboxylic acids is 1. The number of carbonyl (C=O) groups is 1. The van der Waals surface area contributed by atoms with E-state index in [1.54, 1.807) is 16.9 Å². The normalized spacial score (nSPS) is 13.0. The van der Waals surface area contributed by atoms with Crippen LogP contribution in [0.25, 0.3) is 11.1 Å². The van der Waals surface area contributed by atoms with Gasteiger partial charge in [-0.05, 0) is 25.3 Å². The van der Waals surface area contributed by atoms with Crippen LogP contribution in [0.3, 0.4) is 0 Å². The average molecular weight is 489 g/mol. The first-order valence-electron chi connectivity index (χ1n) is 11.0. The lowest BCUT2D eigenvalue weighted by molar-refractivity contribution is 0.0982. The Balaban J connectivity index is 1.39. The molecule has 4 aromatic rings. The molecular formula is C25H21ClN6O3. The molecule has 0 spiro atoms. The number of aryl methyl sites for hydroxylation is 1. The van der Waals surface area contributed by atoms with E-state index in [2.05, 4.69) is 20.1 Å². The van der Waals surface area contributed by atoms with Crippen molar-refractivity contribution in [2.24, 2.45) is 0 Å². The van der Waals surface area contributed by atoms with Crippen LogP contribution in [0, 0.1) is 6.92 Å². The minimum Gasteiger partial charge on any atom is -0.452 e. The summed E-state index contributed by atoms with van der Waals surface area (Å²) in [4.78, 5) is 38.6. The molecule has 1 fully saturated rings. The lowest BCUT2D eigenvalue weighted by Gasteiger charge is -2.10. The second-order valence-electron chi connectivity index (χ2n) is 8.34. The molecule has 0 saturated heterocycles. The molecule has 1 aliphatic rings. The number of nitrogens with zero attached hydrogens (tertiary/aromatic N) is 5. The van der Waals surface area contributed by atoms with Crippen LogP contribution in [0.1, 0.15) is 40.8 Å². The predicted molar refractivity (Wildman–Crippen MR) is 131 cm³/mol. The number of ketones is 1. The van der Waals surface area contributed by atoms with E-state index in [0.29, 0.717) is 17.1 Å². The minimum atomic E-state index is -0.447. The number of aromatic nitrogens is 5. The third kappa shape index (κ3) is 4.90. The molecule has 5 rings (SSSR count). The third-order valence-electron chi connectivity index (χ3n) is 5.59. The van der Waals surface area contributed by atoms with E-state index in [-0.39, 0.29) is 34.8 Å². The summed E-state index contributed by atoms with van der Waals surface area (Å²) in [6.45, 7) is 1.98. The van der Waals surface area contributed by atoms with Gasteiger partial charge in [-0.3, -0.25) is 14.3 Å². The fraction of sp³-hybridized carbons (Fsp3) is 0.200. The van der Waals surface area contributed by atoms with E-state index < -0.39 is 11.2 Å². The molecule has 0 unspecified atom stereocenters. The van der Waals surface area contributed by atoms with Crippen LogP contribution in [-0.4, -0.2) is 30.5 Å². The van der Waals surface area contributed by atoms with E-state index in [9.17, 15) is 9.59 Å². The molecule has 0 atom stereocenters. The third-order valence-corrected chi connectivity index (χ3v) is 5.97. The van der Waals surface area contributed by atoms with Crippen molar-refractivity contribution in [2.75, 3.05) is 5.73 Å². The van der Waals surface area contributed by atoms with E-state index in [1.165, 1.54) is 18.6 Å². The molecule has 0 amide bonds. The molecule has 3 heterocycles. The summed E-state index contributed by atoms with van der Waals surface area (Å²) in [6.07, 6.45) is 7.80. The summed E-state index contributed by atoms with van der Waals surface area (Å²) in [7, 11) is 0. The number of benzene rings is 1. The van der Waals surface area contributed by atoms with Crippen LogP contribution < -0.4 is 15.9 Å². The zero-order chi connectivity index (χ0) is 24.5. The lowest BCUT2D eigenvalue weighted by atomic mass is 10.0. The molecular weight excluding hydrogens is 468 g/mol. The molecule has 2 N–H and O–H groups in total. The number of hydrogen-bond acceptors (Lipinski definition) is 8. The summed E-state index contributed by atoms with van der Waals surface area (Å²) >= 11 is 6.09. The Kier molecular flexibility index (Phi) is 6.00. The summed E-state index contributed by atoms with van der Waals surface area (Å²) in [5.74, 6) is 0.553. The monoisotopic (exact) mass is 488 g/mol. The molecule has 3 aromatic heterocycles. The first kappa shape index (κ1) is 22.7. The first-order valence-corrected chi connectivity index (χ1v) is 11.4. The molecule has 0 radical (unpaired) electrons. The maximum absolute atomic E-state index is 13.2. The van der Waals surface area contributed by atoms with Gasteiger partial charge in [0.05, 0.1) is 24.9 Å². The largest absolute Gasteiger partial charge is 0.452 e. The van der Waals surface area contributed by atoms with E-state index in [0.717, 1.165) is 24.0 Å². The maximum Gasteiger partial charge on any atom is 0.219 e. The molecule has 0 bridgehead atoms. The van der Waals surface area contributed by atoms with Crippen molar-refractivity contribution >= 4 is 23.2 Å². The molecule has 1 aliphatic carbocycles. The topological polar surface area (TPSA) is 126 Å². The molecule has 1 saturated carbocycles. The van der Waals surface area contributed by atoms with Gasteiger partial charge in [0.15, 0.2) is 23.0 Å². The number of halogens is 1. The van der Waals surface area contributed by atoms with Gasteiger partial charge in [-0.15, -0.1) is 0 Å². The Morgan fingerprint density at radius 1 is 1.14 bits per heavy atom. The second-order valence-corrected chi connectivity index (χ2v) is 8.72. The summed E-state index contributed by atoms with van der Waals surface area (Å²) in [6, 6.07) is 9.39. The fourth-order valence-electron chi connectivity index (χ4n) is 3.52. The quantitative estimate of drug-likeness (QED) is 0.384. The molecule has 0 aliphatic heterocycles. The maximum atomic E-state index is 13.2. The highest BCUT2D eigenvalue weighted by atomic mass is 35.5. The van der Waals surface area contributed by atoms with Crippen molar-refractivity contribution in [3.05, 3.63) is 87.4 Å². The fourth-order valence-corrected chi connectivity index (χ4v) is 3.67. The van der Waals surface area contributed by atoms with Crippen molar-refractivity contribution in [2.45, 2.75) is 32.2 Å². The van der Waals surface area contributed by atoms with Gasteiger partial charge in [0.25, 0.3) is 0 Å². The Bertz CT molecular complexity index is 1460. The Labute approximate surface area is 205 Å². The van der Waals surface area contributed by atoms with Gasteiger partial charge in [-0.2, -0.15) is 5.10 Å². The highest BCUT2D eigenvalue weighted by Gasteiger charge is 2.27. The van der Waals surface area contributed by atoms with Gasteiger partial charge < -0.3 is 10.5 Å². The Morgan fingerprint density at radius 2 is 1.86 bits per heavy atom. The van der Waals surface area contributed by atoms with Crippen LogP contribution in [0.5, 0.6) is 11.5 Å². The van der Waals surface area contributed by atoms with Crippen molar-refractivity contribution in [1.82, 2.24) is 24.7 Å². The summed E-state index contributed by atoms with van der Waals surface area (Å²) < 4.78 is 7.38. The standard InChI is InChI=1S/C25H21ClN6O3/c1-14-2-4-15(5-3-14)18-13-32(16-6-7-16)31-23(24(18)34)19(33)10-21-29-11-17(12-30-21)35-20-8-9-28-25(27)22(20)26/h2-5,8-9,11-13,16H,6-7,10H2,1H3,(H2,27,28). The van der Waals surface area contributed by atoms with Crippen LogP contribution in [0.15, 0.2) is 59.9 Å². The molecule has 10 heteroatoms. The number of anilines is 1. The van der Waals surface area contributed by atoms with Gasteiger partial charge in [0.2, 0.25) is 5.43 Å². The smallest absolute Gasteiger partial charge is 0.219 e. The number of rotatable bonds is 7. The predicted octanol–water partition coefficient (Wildman–Crippen LogP) is 4.19. The number of ether oxygens (including phenoxy) is 1. The van der Waals surface area contributed by atoms with Crippen molar-refractivity contribution in [3.63, 3.8) is 0 Å². The lowest BCUT2D eigenvalue weighted by Crippen LogP contribution is -2.25. The van der Waals surface area contributed by atoms with Crippen LogP contribution >= 0.6 is 11.6 Å². The van der Waals surface area contributed by atoms with Gasteiger partial charge >= 0.3 is 0 Å². The van der Waals surface area contributed by atoms with Gasteiger partial charge in [0, 0.05) is 24.0 Å². The number of hydrogen-bond donors (Lipinski definition) is 1. The van der Waals surface area contributed by atoms with E-state index in [4.69, 9.17) is 22.1 Å². The van der Waals surface area contributed by atoms with E-state index in [1.807, 2.05) is 31.2 Å². The first-order chi connectivity index (χ1) is 16.9. The van der Waals surface area contributed by atoms with Crippen LogP contribution in [0.4, 0.5) is 5.82 Å². The number of nitrogens with two attached hydrogens (primary N) is 1. The Morgan fingerprint density at radius 3 is 2.54 bits per heavy atom. The van der Waals surface area contributed by atoms with Crippen LogP contribution in [-0.2, 0) is 6.42 Å². The van der Waals surface area contributed by atoms with Gasteiger partial charge in [0.1, 0.15) is 16.7 Å². The Hall–Kier alpha value is -4.11. The number of pyridine rings is 1. The van der Waals surface area contributed by atoms with Gasteiger partial charge in [-0.25, -0.2) is 15.0 Å². The van der Waals surface area contributed by atoms with Crippen molar-refractivity contribution in [1.29, 1.82) is 0 Å². The number of Topliss-reactive ketones (excluding diaryl/α,β-unsaturated/α-hetero) is 1. The van der Waals surface area contributed by atoms with Crippen molar-refractivity contribution in [3.8, 4) is 22.6 Å². The highest BCUT2D eigenvalue weighted by Crippen LogP contribution is 2.34. The zero-order valence-electron chi connectivity index (χ0n) is 18.8. The number of nitrogen functional groups attached to an aromatic ring is 1. The second kappa shape index (κ2) is 9.27. The summed E-state index contributed by atoms with van der Waals surface area (Å²) in [5, 5.41) is 4.55. The molecule has 35 heavy (non-hydrogen) atoms. The summed E-state index contributed by atoms with van der Waals surface area (Å²) in [5.41, 5.74) is 7.45. The highest BCUT2D eigenvalue weighted by molar-refractivity contribution is 6.34. The average Bonchev–Trinajstić information content (AvgIpc) is 3.70. The van der Waals surface area contributed by atoms with Crippen molar-refractivity contribution < 1.29 is 9.53 Å². The SMILES string of the molecule is Cc1ccc(-c2cn(C3CC3)nc(C(=O)Cc3ncc(Oc4ccnc(N)c4Cl)cn3)c2=O)cc1. The van der Waals surface area contributed by atoms with E-state index >= 15 is 0 Å². The van der Waals surface area contributed by atoms with Crippen LogP contribution in [0.2, 0.25) is 5.02 Å². The molecule has 1 aromatic carbocycles.